The fourth-order valence-corrected chi connectivity index (χ4v) is 3.27. The number of hydrogen-bond acceptors (Lipinski definition) is 3. The van der Waals surface area contributed by atoms with E-state index in [2.05, 4.69) is 5.43 Å². The Morgan fingerprint density at radius 1 is 1.29 bits per heavy atom. The number of hydrazine groups is 1. The molecule has 2 unspecified atom stereocenters. The Labute approximate surface area is 124 Å². The standard InChI is InChI=1S/C16H24F2N2O/c1-2-21-16(11-6-4-3-5-7-11)15(20-19)13-9-8-12(17)10-14(13)18/h8-11,15-16,20H,2-7,19H2,1H3. The molecule has 21 heavy (non-hydrogen) atoms. The van der Waals surface area contributed by atoms with Crippen molar-refractivity contribution < 1.29 is 13.5 Å². The fraction of sp³-hybridized carbons (Fsp3) is 0.625. The van der Waals surface area contributed by atoms with Gasteiger partial charge in [-0.05, 0) is 31.7 Å². The summed E-state index contributed by atoms with van der Waals surface area (Å²) in [6.45, 7) is 2.46. The maximum Gasteiger partial charge on any atom is 0.131 e. The molecule has 3 nitrogen and oxygen atoms in total. The van der Waals surface area contributed by atoms with E-state index in [0.717, 1.165) is 31.7 Å². The van der Waals surface area contributed by atoms with Crippen molar-refractivity contribution in [2.24, 2.45) is 11.8 Å². The van der Waals surface area contributed by atoms with Crippen molar-refractivity contribution in [3.05, 3.63) is 35.4 Å². The molecular weight excluding hydrogens is 274 g/mol. The molecule has 2 atom stereocenters. The first kappa shape index (κ1) is 16.3. The van der Waals surface area contributed by atoms with E-state index in [-0.39, 0.29) is 6.10 Å². The van der Waals surface area contributed by atoms with Crippen LogP contribution in [0.1, 0.15) is 50.6 Å². The molecule has 0 aliphatic heterocycles. The van der Waals surface area contributed by atoms with Gasteiger partial charge >= 0.3 is 0 Å². The highest BCUT2D eigenvalue weighted by Crippen LogP contribution is 2.35. The lowest BCUT2D eigenvalue weighted by Crippen LogP contribution is -2.43. The molecule has 0 saturated heterocycles. The molecule has 1 aliphatic rings. The van der Waals surface area contributed by atoms with Gasteiger partial charge in [0.15, 0.2) is 0 Å². The first-order chi connectivity index (χ1) is 10.2. The van der Waals surface area contributed by atoms with Crippen molar-refractivity contribution in [3.63, 3.8) is 0 Å². The molecule has 1 aromatic rings. The Hall–Kier alpha value is -1.04. The van der Waals surface area contributed by atoms with Gasteiger partial charge in [-0.1, -0.05) is 25.3 Å². The third kappa shape index (κ3) is 3.99. The number of nitrogens with two attached hydrogens (primary N) is 1. The molecule has 1 saturated carbocycles. The molecule has 0 spiro atoms. The minimum Gasteiger partial charge on any atom is -0.376 e. The van der Waals surface area contributed by atoms with Crippen LogP contribution in [0.25, 0.3) is 0 Å². The summed E-state index contributed by atoms with van der Waals surface area (Å²) in [6.07, 6.45) is 5.49. The number of nitrogens with one attached hydrogen (secondary N) is 1. The van der Waals surface area contributed by atoms with Crippen LogP contribution in [0.15, 0.2) is 18.2 Å². The maximum absolute atomic E-state index is 14.1. The zero-order valence-electron chi connectivity index (χ0n) is 12.4. The molecule has 1 aromatic carbocycles. The van der Waals surface area contributed by atoms with Gasteiger partial charge in [0, 0.05) is 18.2 Å². The molecule has 0 bridgehead atoms. The number of halogens is 2. The quantitative estimate of drug-likeness (QED) is 0.624. The average molecular weight is 298 g/mol. The van der Waals surface area contributed by atoms with Crippen LogP contribution in [0.4, 0.5) is 8.78 Å². The van der Waals surface area contributed by atoms with Gasteiger partial charge in [-0.3, -0.25) is 11.3 Å². The molecule has 2 rings (SSSR count). The highest BCUT2D eigenvalue weighted by Gasteiger charge is 2.33. The second-order valence-corrected chi connectivity index (χ2v) is 5.63. The maximum atomic E-state index is 14.1. The third-order valence-corrected chi connectivity index (χ3v) is 4.28. The predicted octanol–water partition coefficient (Wildman–Crippen LogP) is 3.45. The summed E-state index contributed by atoms with van der Waals surface area (Å²) in [5, 5.41) is 0. The van der Waals surface area contributed by atoms with Gasteiger partial charge in [0.2, 0.25) is 0 Å². The van der Waals surface area contributed by atoms with E-state index in [9.17, 15) is 8.78 Å². The van der Waals surface area contributed by atoms with E-state index in [1.165, 1.54) is 18.6 Å². The average Bonchev–Trinajstić information content (AvgIpc) is 2.50. The van der Waals surface area contributed by atoms with Crippen LogP contribution in [-0.4, -0.2) is 12.7 Å². The monoisotopic (exact) mass is 298 g/mol. The van der Waals surface area contributed by atoms with Crippen molar-refractivity contribution in [2.75, 3.05) is 6.61 Å². The first-order valence-corrected chi connectivity index (χ1v) is 7.70. The van der Waals surface area contributed by atoms with Crippen LogP contribution in [-0.2, 0) is 4.74 Å². The fourth-order valence-electron chi connectivity index (χ4n) is 3.27. The highest BCUT2D eigenvalue weighted by atomic mass is 19.1. The summed E-state index contributed by atoms with van der Waals surface area (Å²) in [4.78, 5) is 0. The van der Waals surface area contributed by atoms with Gasteiger partial charge in [0.25, 0.3) is 0 Å². The van der Waals surface area contributed by atoms with E-state index in [4.69, 9.17) is 10.6 Å². The number of hydrogen-bond donors (Lipinski definition) is 2. The van der Waals surface area contributed by atoms with E-state index in [1.807, 2.05) is 6.92 Å². The predicted molar refractivity (Wildman–Crippen MR) is 78.4 cm³/mol. The normalized spacial score (nSPS) is 19.4. The molecule has 1 aliphatic carbocycles. The Morgan fingerprint density at radius 2 is 2.00 bits per heavy atom. The minimum absolute atomic E-state index is 0.194. The van der Waals surface area contributed by atoms with E-state index in [1.54, 1.807) is 0 Å². The molecular formula is C16H24F2N2O. The largest absolute Gasteiger partial charge is 0.376 e. The second kappa shape index (κ2) is 7.82. The number of ether oxygens (including phenoxy) is 1. The molecule has 0 heterocycles. The Kier molecular flexibility index (Phi) is 6.08. The second-order valence-electron chi connectivity index (χ2n) is 5.63. The molecule has 0 radical (unpaired) electrons. The van der Waals surface area contributed by atoms with Crippen molar-refractivity contribution in [1.29, 1.82) is 0 Å². The summed E-state index contributed by atoms with van der Waals surface area (Å²) in [6, 6.07) is 3.13. The van der Waals surface area contributed by atoms with E-state index < -0.39 is 17.7 Å². The molecule has 0 aromatic heterocycles. The van der Waals surface area contributed by atoms with Crippen molar-refractivity contribution in [1.82, 2.24) is 5.43 Å². The zero-order chi connectivity index (χ0) is 15.2. The van der Waals surface area contributed by atoms with Crippen LogP contribution in [0.5, 0.6) is 0 Å². The third-order valence-electron chi connectivity index (χ3n) is 4.28. The van der Waals surface area contributed by atoms with Crippen LogP contribution in [0.2, 0.25) is 0 Å². The summed E-state index contributed by atoms with van der Waals surface area (Å²) < 4.78 is 33.0. The highest BCUT2D eigenvalue weighted by molar-refractivity contribution is 5.23. The van der Waals surface area contributed by atoms with Crippen LogP contribution in [0, 0.1) is 17.6 Å². The van der Waals surface area contributed by atoms with Gasteiger partial charge < -0.3 is 4.74 Å². The van der Waals surface area contributed by atoms with Gasteiger partial charge in [0.05, 0.1) is 12.1 Å². The number of rotatable bonds is 6. The molecule has 118 valence electrons. The lowest BCUT2D eigenvalue weighted by atomic mass is 9.81. The Bertz CT molecular complexity index is 450. The summed E-state index contributed by atoms with van der Waals surface area (Å²) >= 11 is 0. The van der Waals surface area contributed by atoms with Gasteiger partial charge in [-0.2, -0.15) is 0 Å². The van der Waals surface area contributed by atoms with Crippen molar-refractivity contribution in [2.45, 2.75) is 51.2 Å². The molecule has 0 amide bonds. The molecule has 5 heteroatoms. The Balaban J connectivity index is 2.25. The first-order valence-electron chi connectivity index (χ1n) is 7.70. The topological polar surface area (TPSA) is 47.3 Å². The van der Waals surface area contributed by atoms with Crippen LogP contribution >= 0.6 is 0 Å². The van der Waals surface area contributed by atoms with E-state index >= 15 is 0 Å². The minimum atomic E-state index is -0.586. The summed E-state index contributed by atoms with van der Waals surface area (Å²) in [7, 11) is 0. The molecule has 1 fully saturated rings. The smallest absolute Gasteiger partial charge is 0.131 e. The van der Waals surface area contributed by atoms with Crippen molar-refractivity contribution in [3.8, 4) is 0 Å². The Morgan fingerprint density at radius 3 is 2.57 bits per heavy atom. The summed E-state index contributed by atoms with van der Waals surface area (Å²) in [5.41, 5.74) is 3.04. The summed E-state index contributed by atoms with van der Waals surface area (Å²) in [5.74, 6) is 4.84. The van der Waals surface area contributed by atoms with Gasteiger partial charge in [-0.15, -0.1) is 0 Å². The van der Waals surface area contributed by atoms with Crippen LogP contribution < -0.4 is 11.3 Å². The van der Waals surface area contributed by atoms with Gasteiger partial charge in [-0.25, -0.2) is 8.78 Å². The molecule has 3 N–H and O–H groups in total. The lowest BCUT2D eigenvalue weighted by molar-refractivity contribution is -0.0191. The lowest BCUT2D eigenvalue weighted by Gasteiger charge is -2.35. The number of benzene rings is 1. The SMILES string of the molecule is CCOC(C1CCCCC1)C(NN)c1ccc(F)cc1F. The van der Waals surface area contributed by atoms with Gasteiger partial charge in [0.1, 0.15) is 11.6 Å². The van der Waals surface area contributed by atoms with E-state index in [0.29, 0.717) is 18.1 Å². The zero-order valence-corrected chi connectivity index (χ0v) is 12.4. The van der Waals surface area contributed by atoms with Crippen molar-refractivity contribution >= 4 is 0 Å². The van der Waals surface area contributed by atoms with Crippen LogP contribution in [0.3, 0.4) is 0 Å².